The molecule has 7 nitrogen and oxygen atoms in total. The van der Waals surface area contributed by atoms with Crippen molar-refractivity contribution in [3.8, 4) is 0 Å². The predicted molar refractivity (Wildman–Crippen MR) is 74.3 cm³/mol. The van der Waals surface area contributed by atoms with Crippen LogP contribution in [-0.2, 0) is 14.6 Å². The second-order valence-corrected chi connectivity index (χ2v) is 7.45. The molecule has 2 N–H and O–H groups in total. The number of urea groups is 1. The van der Waals surface area contributed by atoms with E-state index < -0.39 is 34.4 Å². The Bertz CT molecular complexity index is 462. The van der Waals surface area contributed by atoms with Crippen LogP contribution in [-0.4, -0.2) is 60.6 Å². The van der Waals surface area contributed by atoms with E-state index >= 15 is 0 Å². The molecule has 0 aromatic carbocycles. The van der Waals surface area contributed by atoms with Gasteiger partial charge in [0.25, 0.3) is 0 Å². The lowest BCUT2D eigenvalue weighted by Gasteiger charge is -2.28. The number of aliphatic carboxylic acids is 1. The molecule has 116 valence electrons. The Morgan fingerprint density at radius 1 is 1.45 bits per heavy atom. The van der Waals surface area contributed by atoms with Crippen molar-refractivity contribution in [3.05, 3.63) is 0 Å². The Morgan fingerprint density at radius 3 is 2.55 bits per heavy atom. The molecule has 1 heterocycles. The van der Waals surface area contributed by atoms with E-state index in [4.69, 9.17) is 5.11 Å². The van der Waals surface area contributed by atoms with Crippen LogP contribution in [0.3, 0.4) is 0 Å². The highest BCUT2D eigenvalue weighted by Gasteiger charge is 2.35. The molecule has 20 heavy (non-hydrogen) atoms. The first-order chi connectivity index (χ1) is 9.25. The van der Waals surface area contributed by atoms with Crippen molar-refractivity contribution in [2.24, 2.45) is 0 Å². The minimum atomic E-state index is -3.16. The summed E-state index contributed by atoms with van der Waals surface area (Å²) in [4.78, 5) is 24.1. The number of hydrogen-bond donors (Lipinski definition) is 2. The summed E-state index contributed by atoms with van der Waals surface area (Å²) in [6.07, 6.45) is 1.99. The van der Waals surface area contributed by atoms with Crippen LogP contribution >= 0.6 is 0 Å². The normalized spacial score (nSPS) is 22.2. The minimum Gasteiger partial charge on any atom is -0.480 e. The van der Waals surface area contributed by atoms with Crippen molar-refractivity contribution in [1.82, 2.24) is 10.2 Å². The topological polar surface area (TPSA) is 104 Å². The molecular formula is C12H22N2O5S. The van der Waals surface area contributed by atoms with Crippen molar-refractivity contribution in [2.75, 3.05) is 18.1 Å². The molecule has 0 bridgehead atoms. The SMILES string of the molecule is CCCC(C)NC(=O)N(CC(=O)O)C1CCS(=O)(=O)C1. The summed E-state index contributed by atoms with van der Waals surface area (Å²) in [5.41, 5.74) is 0. The molecule has 1 fully saturated rings. The van der Waals surface area contributed by atoms with Gasteiger partial charge in [0.1, 0.15) is 6.54 Å². The van der Waals surface area contributed by atoms with E-state index in [1.165, 1.54) is 0 Å². The van der Waals surface area contributed by atoms with Gasteiger partial charge in [0.2, 0.25) is 0 Å². The second kappa shape index (κ2) is 6.92. The summed E-state index contributed by atoms with van der Waals surface area (Å²) in [5, 5.41) is 11.6. The van der Waals surface area contributed by atoms with Crippen LogP contribution in [0.25, 0.3) is 0 Å². The van der Waals surface area contributed by atoms with Gasteiger partial charge in [-0.25, -0.2) is 13.2 Å². The number of nitrogens with zero attached hydrogens (tertiary/aromatic N) is 1. The Kier molecular flexibility index (Phi) is 5.79. The van der Waals surface area contributed by atoms with E-state index in [2.05, 4.69) is 5.32 Å². The maximum Gasteiger partial charge on any atom is 0.323 e. The number of rotatable bonds is 6. The zero-order valence-corrected chi connectivity index (χ0v) is 12.6. The molecule has 2 unspecified atom stereocenters. The van der Waals surface area contributed by atoms with Crippen LogP contribution in [0.5, 0.6) is 0 Å². The smallest absolute Gasteiger partial charge is 0.323 e. The standard InChI is InChI=1S/C12H22N2O5S/c1-3-4-9(2)13-12(17)14(7-11(15)16)10-5-6-20(18,19)8-10/h9-10H,3-8H2,1-2H3,(H,13,17)(H,15,16). The number of carboxylic acids is 1. The van der Waals surface area contributed by atoms with E-state index in [0.717, 1.165) is 17.7 Å². The molecule has 0 saturated carbocycles. The van der Waals surface area contributed by atoms with Crippen LogP contribution in [0.15, 0.2) is 0 Å². The Balaban J connectivity index is 2.74. The lowest BCUT2D eigenvalue weighted by Crippen LogP contribution is -2.51. The summed E-state index contributed by atoms with van der Waals surface area (Å²) in [5.74, 6) is -1.30. The third-order valence-corrected chi connectivity index (χ3v) is 5.06. The van der Waals surface area contributed by atoms with Crippen LogP contribution < -0.4 is 5.32 Å². The van der Waals surface area contributed by atoms with Crippen LogP contribution in [0.4, 0.5) is 4.79 Å². The van der Waals surface area contributed by atoms with Crippen LogP contribution in [0.1, 0.15) is 33.1 Å². The summed E-state index contributed by atoms with van der Waals surface area (Å²) in [7, 11) is -3.16. The molecule has 1 saturated heterocycles. The molecule has 1 aliphatic rings. The van der Waals surface area contributed by atoms with Crippen molar-refractivity contribution in [3.63, 3.8) is 0 Å². The number of carboxylic acid groups (broad SMARTS) is 1. The second-order valence-electron chi connectivity index (χ2n) is 5.22. The van der Waals surface area contributed by atoms with E-state index in [1.54, 1.807) is 0 Å². The van der Waals surface area contributed by atoms with Gasteiger partial charge in [-0.1, -0.05) is 13.3 Å². The van der Waals surface area contributed by atoms with Crippen molar-refractivity contribution >= 4 is 21.8 Å². The van der Waals surface area contributed by atoms with E-state index in [9.17, 15) is 18.0 Å². The van der Waals surface area contributed by atoms with Gasteiger partial charge >= 0.3 is 12.0 Å². The summed E-state index contributed by atoms with van der Waals surface area (Å²) in [6, 6.07) is -1.12. The van der Waals surface area contributed by atoms with Gasteiger partial charge in [-0.2, -0.15) is 0 Å². The van der Waals surface area contributed by atoms with E-state index in [0.29, 0.717) is 6.42 Å². The molecule has 0 aromatic heterocycles. The molecule has 1 aliphatic heterocycles. The summed E-state index contributed by atoms with van der Waals surface area (Å²) < 4.78 is 22.9. The molecule has 1 rings (SSSR count). The largest absolute Gasteiger partial charge is 0.480 e. The maximum absolute atomic E-state index is 12.1. The molecule has 0 aliphatic carbocycles. The van der Waals surface area contributed by atoms with Gasteiger partial charge in [-0.05, 0) is 19.8 Å². The summed E-state index contributed by atoms with van der Waals surface area (Å²) >= 11 is 0. The van der Waals surface area contributed by atoms with Gasteiger partial charge in [0.05, 0.1) is 11.5 Å². The molecule has 8 heteroatoms. The quantitative estimate of drug-likeness (QED) is 0.742. The highest BCUT2D eigenvalue weighted by Crippen LogP contribution is 2.18. The third-order valence-electron chi connectivity index (χ3n) is 3.31. The zero-order valence-electron chi connectivity index (χ0n) is 11.8. The summed E-state index contributed by atoms with van der Waals surface area (Å²) in [6.45, 7) is 3.35. The third kappa shape index (κ3) is 4.99. The van der Waals surface area contributed by atoms with Gasteiger partial charge in [0, 0.05) is 12.1 Å². The number of amides is 2. The number of nitrogens with one attached hydrogen (secondary N) is 1. The van der Waals surface area contributed by atoms with Crippen LogP contribution in [0, 0.1) is 0 Å². The lowest BCUT2D eigenvalue weighted by atomic mass is 10.2. The van der Waals surface area contributed by atoms with Crippen LogP contribution in [0.2, 0.25) is 0 Å². The molecule has 0 spiro atoms. The minimum absolute atomic E-state index is 0.00554. The molecule has 0 radical (unpaired) electrons. The lowest BCUT2D eigenvalue weighted by molar-refractivity contribution is -0.138. The number of carbonyl (C=O) groups excluding carboxylic acids is 1. The first-order valence-electron chi connectivity index (χ1n) is 6.74. The van der Waals surface area contributed by atoms with Gasteiger partial charge < -0.3 is 15.3 Å². The zero-order chi connectivity index (χ0) is 15.3. The number of sulfone groups is 1. The van der Waals surface area contributed by atoms with Crippen molar-refractivity contribution in [1.29, 1.82) is 0 Å². The molecule has 2 atom stereocenters. The Hall–Kier alpha value is -1.31. The van der Waals surface area contributed by atoms with E-state index in [-0.39, 0.29) is 17.5 Å². The molecule has 2 amide bonds. The highest BCUT2D eigenvalue weighted by molar-refractivity contribution is 7.91. The number of hydrogen-bond acceptors (Lipinski definition) is 4. The number of carbonyl (C=O) groups is 2. The fourth-order valence-electron chi connectivity index (χ4n) is 2.33. The first kappa shape index (κ1) is 16.7. The fourth-order valence-corrected chi connectivity index (χ4v) is 4.06. The molecular weight excluding hydrogens is 284 g/mol. The van der Waals surface area contributed by atoms with Gasteiger partial charge in [0.15, 0.2) is 9.84 Å². The molecule has 0 aromatic rings. The average Bonchev–Trinajstić information content (AvgIpc) is 2.66. The van der Waals surface area contributed by atoms with Crippen molar-refractivity contribution < 1.29 is 23.1 Å². The highest BCUT2D eigenvalue weighted by atomic mass is 32.2. The Morgan fingerprint density at radius 2 is 2.10 bits per heavy atom. The van der Waals surface area contributed by atoms with E-state index in [1.807, 2.05) is 13.8 Å². The Labute approximate surface area is 119 Å². The predicted octanol–water partition coefficient (Wildman–Crippen LogP) is 0.458. The van der Waals surface area contributed by atoms with Crippen molar-refractivity contribution in [2.45, 2.75) is 45.2 Å². The maximum atomic E-state index is 12.1. The van der Waals surface area contributed by atoms with Gasteiger partial charge in [-0.3, -0.25) is 4.79 Å². The average molecular weight is 306 g/mol. The first-order valence-corrected chi connectivity index (χ1v) is 8.56. The monoisotopic (exact) mass is 306 g/mol. The fraction of sp³-hybridized carbons (Fsp3) is 0.833. The van der Waals surface area contributed by atoms with Gasteiger partial charge in [-0.15, -0.1) is 0 Å².